The molecule has 1 N–H and O–H groups in total. The van der Waals surface area contributed by atoms with Gasteiger partial charge in [0.25, 0.3) is 0 Å². The Morgan fingerprint density at radius 3 is 2.48 bits per heavy atom. The van der Waals surface area contributed by atoms with Gasteiger partial charge in [0.1, 0.15) is 0 Å². The molecule has 0 saturated carbocycles. The first-order valence-corrected chi connectivity index (χ1v) is 8.20. The Morgan fingerprint density at radius 2 is 1.86 bits per heavy atom. The van der Waals surface area contributed by atoms with Crippen molar-refractivity contribution in [2.75, 3.05) is 17.6 Å². The topological polar surface area (TPSA) is 70.0 Å². The number of aryl methyl sites for hydroxylation is 1. The summed E-state index contributed by atoms with van der Waals surface area (Å²) < 4.78 is 24.3. The Morgan fingerprint density at radius 1 is 1.14 bits per heavy atom. The van der Waals surface area contributed by atoms with Gasteiger partial charge in [0.2, 0.25) is 0 Å². The smallest absolute Gasteiger partial charge is 0.180 e. The zero-order chi connectivity index (χ0) is 15.3. The molecule has 0 fully saturated rings. The van der Waals surface area contributed by atoms with Crippen molar-refractivity contribution >= 4 is 15.5 Å². The number of hydrogen-bond donors (Lipinski definition) is 1. The van der Waals surface area contributed by atoms with Crippen LogP contribution in [0.15, 0.2) is 53.4 Å². The lowest BCUT2D eigenvalue weighted by molar-refractivity contribution is 0.596. The van der Waals surface area contributed by atoms with E-state index in [1.807, 2.05) is 37.3 Å². The molecule has 0 atom stereocenters. The molecule has 0 aliphatic heterocycles. The second-order valence-electron chi connectivity index (χ2n) is 4.75. The summed E-state index contributed by atoms with van der Waals surface area (Å²) in [4.78, 5) is 0.243. The van der Waals surface area contributed by atoms with Crippen molar-refractivity contribution in [1.82, 2.24) is 0 Å². The highest BCUT2D eigenvalue weighted by molar-refractivity contribution is 7.91. The van der Waals surface area contributed by atoms with Crippen LogP contribution in [0.25, 0.3) is 0 Å². The van der Waals surface area contributed by atoms with Gasteiger partial charge in [-0.05, 0) is 48.9 Å². The molecule has 108 valence electrons. The third-order valence-electron chi connectivity index (χ3n) is 3.06. The zero-order valence-corrected chi connectivity index (χ0v) is 12.5. The molecular formula is C16H16N2O2S. The van der Waals surface area contributed by atoms with Crippen molar-refractivity contribution in [3.05, 3.63) is 59.7 Å². The van der Waals surface area contributed by atoms with Gasteiger partial charge < -0.3 is 5.32 Å². The van der Waals surface area contributed by atoms with E-state index in [1.165, 1.54) is 24.3 Å². The fourth-order valence-electron chi connectivity index (χ4n) is 1.94. The quantitative estimate of drug-likeness (QED) is 0.921. The van der Waals surface area contributed by atoms with Crippen LogP contribution in [0, 0.1) is 18.3 Å². The monoisotopic (exact) mass is 300 g/mol. The molecule has 0 saturated heterocycles. The molecule has 4 nitrogen and oxygen atoms in total. The highest BCUT2D eigenvalue weighted by Gasteiger charge is 2.13. The predicted molar refractivity (Wildman–Crippen MR) is 82.9 cm³/mol. The minimum absolute atomic E-state index is 0.00679. The van der Waals surface area contributed by atoms with Crippen LogP contribution in [0.1, 0.15) is 11.1 Å². The van der Waals surface area contributed by atoms with Crippen molar-refractivity contribution in [3.63, 3.8) is 0 Å². The largest absolute Gasteiger partial charge is 0.384 e. The Hall–Kier alpha value is -2.32. The second-order valence-corrected chi connectivity index (χ2v) is 6.86. The first-order chi connectivity index (χ1) is 10.0. The van der Waals surface area contributed by atoms with Gasteiger partial charge in [-0.15, -0.1) is 0 Å². The van der Waals surface area contributed by atoms with E-state index < -0.39 is 9.84 Å². The molecule has 5 heteroatoms. The Kier molecular flexibility index (Phi) is 4.61. The summed E-state index contributed by atoms with van der Waals surface area (Å²) in [6.07, 6.45) is 0. The molecule has 0 bridgehead atoms. The molecule has 0 aromatic heterocycles. The van der Waals surface area contributed by atoms with Crippen molar-refractivity contribution < 1.29 is 8.42 Å². The van der Waals surface area contributed by atoms with Gasteiger partial charge >= 0.3 is 0 Å². The van der Waals surface area contributed by atoms with E-state index in [0.29, 0.717) is 12.1 Å². The molecule has 0 heterocycles. The van der Waals surface area contributed by atoms with E-state index in [0.717, 1.165) is 11.3 Å². The number of nitrogens with zero attached hydrogens (tertiary/aromatic N) is 1. The summed E-state index contributed by atoms with van der Waals surface area (Å²) in [6, 6.07) is 15.7. The first-order valence-electron chi connectivity index (χ1n) is 6.55. The van der Waals surface area contributed by atoms with Gasteiger partial charge in [0.15, 0.2) is 9.84 Å². The van der Waals surface area contributed by atoms with Crippen LogP contribution in [-0.4, -0.2) is 20.7 Å². The van der Waals surface area contributed by atoms with Crippen molar-refractivity contribution in [1.29, 1.82) is 5.26 Å². The molecule has 0 aliphatic carbocycles. The average Bonchev–Trinajstić information content (AvgIpc) is 2.47. The predicted octanol–water partition coefficient (Wildman–Crippen LogP) is 2.75. The lowest BCUT2D eigenvalue weighted by Gasteiger charge is -2.08. The molecule has 0 radical (unpaired) electrons. The van der Waals surface area contributed by atoms with E-state index in [4.69, 9.17) is 5.26 Å². The summed E-state index contributed by atoms with van der Waals surface area (Å²) in [7, 11) is -3.34. The number of hydrogen-bond acceptors (Lipinski definition) is 4. The minimum atomic E-state index is -3.34. The van der Waals surface area contributed by atoms with E-state index in [1.54, 1.807) is 0 Å². The van der Waals surface area contributed by atoms with Gasteiger partial charge in [-0.25, -0.2) is 8.42 Å². The van der Waals surface area contributed by atoms with Gasteiger partial charge in [-0.2, -0.15) is 5.26 Å². The maximum absolute atomic E-state index is 12.2. The van der Waals surface area contributed by atoms with Gasteiger partial charge in [0.05, 0.1) is 22.3 Å². The number of nitriles is 1. The fraction of sp³-hybridized carbons (Fsp3) is 0.188. The molecule has 2 aromatic rings. The van der Waals surface area contributed by atoms with Crippen LogP contribution in [-0.2, 0) is 9.84 Å². The maximum Gasteiger partial charge on any atom is 0.180 e. The molecule has 0 aliphatic rings. The standard InChI is InChI=1S/C16H16N2O2S/c1-13-3-2-4-15(11-13)18-9-10-21(19,20)16-7-5-14(12-17)6-8-16/h2-8,11,18H,9-10H2,1H3. The van der Waals surface area contributed by atoms with E-state index >= 15 is 0 Å². The van der Waals surface area contributed by atoms with E-state index in [9.17, 15) is 8.42 Å². The highest BCUT2D eigenvalue weighted by Crippen LogP contribution is 2.13. The SMILES string of the molecule is Cc1cccc(NCCS(=O)(=O)c2ccc(C#N)cc2)c1. The Labute approximate surface area is 125 Å². The fourth-order valence-corrected chi connectivity index (χ4v) is 3.10. The van der Waals surface area contributed by atoms with Gasteiger partial charge in [-0.1, -0.05) is 12.1 Å². The normalized spacial score (nSPS) is 10.9. The maximum atomic E-state index is 12.2. The molecule has 2 aromatic carbocycles. The Bertz CT molecular complexity index is 760. The number of nitrogens with one attached hydrogen (secondary N) is 1. The third kappa shape index (κ3) is 4.07. The lowest BCUT2D eigenvalue weighted by Crippen LogP contribution is -2.16. The summed E-state index contributed by atoms with van der Waals surface area (Å²) in [5.41, 5.74) is 2.48. The lowest BCUT2D eigenvalue weighted by atomic mass is 10.2. The molecule has 2 rings (SSSR count). The van der Waals surface area contributed by atoms with E-state index in [2.05, 4.69) is 5.32 Å². The average molecular weight is 300 g/mol. The number of benzene rings is 2. The molecule has 21 heavy (non-hydrogen) atoms. The van der Waals surface area contributed by atoms with Crippen LogP contribution in [0.5, 0.6) is 0 Å². The van der Waals surface area contributed by atoms with Crippen molar-refractivity contribution in [2.45, 2.75) is 11.8 Å². The van der Waals surface area contributed by atoms with Gasteiger partial charge in [-0.3, -0.25) is 0 Å². The molecule has 0 unspecified atom stereocenters. The van der Waals surface area contributed by atoms with Crippen LogP contribution >= 0.6 is 0 Å². The number of sulfone groups is 1. The van der Waals surface area contributed by atoms with Crippen LogP contribution in [0.4, 0.5) is 5.69 Å². The molecule has 0 spiro atoms. The van der Waals surface area contributed by atoms with Crippen molar-refractivity contribution in [2.24, 2.45) is 0 Å². The van der Waals surface area contributed by atoms with Crippen molar-refractivity contribution in [3.8, 4) is 6.07 Å². The summed E-state index contributed by atoms with van der Waals surface area (Å²) in [5.74, 6) is 0.00679. The minimum Gasteiger partial charge on any atom is -0.384 e. The molecule has 0 amide bonds. The van der Waals surface area contributed by atoms with Crippen LogP contribution in [0.2, 0.25) is 0 Å². The van der Waals surface area contributed by atoms with Gasteiger partial charge in [0, 0.05) is 12.2 Å². The summed E-state index contributed by atoms with van der Waals surface area (Å²) in [6.45, 7) is 2.32. The third-order valence-corrected chi connectivity index (χ3v) is 4.79. The molecular weight excluding hydrogens is 284 g/mol. The number of anilines is 1. The highest BCUT2D eigenvalue weighted by atomic mass is 32.2. The first kappa shape index (κ1) is 15.1. The Balaban J connectivity index is 1.99. The van der Waals surface area contributed by atoms with E-state index in [-0.39, 0.29) is 10.6 Å². The second kappa shape index (κ2) is 6.42. The number of rotatable bonds is 5. The summed E-state index contributed by atoms with van der Waals surface area (Å²) in [5, 5.41) is 11.8. The van der Waals surface area contributed by atoms with Crippen LogP contribution in [0.3, 0.4) is 0 Å². The summed E-state index contributed by atoms with van der Waals surface area (Å²) >= 11 is 0. The van der Waals surface area contributed by atoms with Crippen LogP contribution < -0.4 is 5.32 Å². The zero-order valence-electron chi connectivity index (χ0n) is 11.7.